The Labute approximate surface area is 84.4 Å². The van der Waals surface area contributed by atoms with Gasteiger partial charge in [-0.3, -0.25) is 4.79 Å². The lowest BCUT2D eigenvalue weighted by Gasteiger charge is -2.09. The minimum absolute atomic E-state index is 0.0578. The van der Waals surface area contributed by atoms with Crippen molar-refractivity contribution in [3.63, 3.8) is 0 Å². The van der Waals surface area contributed by atoms with Crippen molar-refractivity contribution >= 4 is 17.9 Å². The van der Waals surface area contributed by atoms with Gasteiger partial charge in [-0.2, -0.15) is 8.78 Å². The zero-order valence-electron chi connectivity index (χ0n) is 7.26. The lowest BCUT2D eigenvalue weighted by molar-refractivity contribution is -0.0500. The standard InChI is InChI=1S/C9H7ClF2O2/c1-5-2-7(10)6(4-13)8(3-5)14-9(11)12/h2-4,9H,1H3. The molecule has 0 aliphatic carbocycles. The van der Waals surface area contributed by atoms with Gasteiger partial charge in [0.15, 0.2) is 6.29 Å². The van der Waals surface area contributed by atoms with E-state index in [4.69, 9.17) is 11.6 Å². The summed E-state index contributed by atoms with van der Waals surface area (Å²) in [5, 5.41) is 0.107. The van der Waals surface area contributed by atoms with Gasteiger partial charge < -0.3 is 4.74 Å². The van der Waals surface area contributed by atoms with Crippen LogP contribution in [-0.4, -0.2) is 12.9 Å². The zero-order valence-corrected chi connectivity index (χ0v) is 8.02. The molecule has 14 heavy (non-hydrogen) atoms. The summed E-state index contributed by atoms with van der Waals surface area (Å²) >= 11 is 5.66. The number of ether oxygens (including phenoxy) is 1. The van der Waals surface area contributed by atoms with Crippen LogP contribution in [0.25, 0.3) is 0 Å². The summed E-state index contributed by atoms with van der Waals surface area (Å²) in [4.78, 5) is 10.5. The quantitative estimate of drug-likeness (QED) is 0.732. The van der Waals surface area contributed by atoms with Crippen LogP contribution in [0, 0.1) is 6.92 Å². The first-order chi connectivity index (χ1) is 6.54. The van der Waals surface area contributed by atoms with Gasteiger partial charge in [0.2, 0.25) is 0 Å². The fourth-order valence-electron chi connectivity index (χ4n) is 1.03. The molecule has 0 bridgehead atoms. The van der Waals surface area contributed by atoms with Crippen molar-refractivity contribution < 1.29 is 18.3 Å². The smallest absolute Gasteiger partial charge is 0.387 e. The average Bonchev–Trinajstić information content (AvgIpc) is 2.01. The Bertz CT molecular complexity index is 353. The van der Waals surface area contributed by atoms with E-state index in [1.807, 2.05) is 0 Å². The highest BCUT2D eigenvalue weighted by molar-refractivity contribution is 6.33. The van der Waals surface area contributed by atoms with Gasteiger partial charge in [-0.15, -0.1) is 0 Å². The molecule has 0 radical (unpaired) electrons. The topological polar surface area (TPSA) is 26.3 Å². The van der Waals surface area contributed by atoms with Crippen LogP contribution in [0.1, 0.15) is 15.9 Å². The Kier molecular flexibility index (Phi) is 3.41. The molecule has 5 heteroatoms. The van der Waals surface area contributed by atoms with E-state index in [-0.39, 0.29) is 16.3 Å². The van der Waals surface area contributed by atoms with Crippen molar-refractivity contribution in [3.8, 4) is 5.75 Å². The Hall–Kier alpha value is -1.16. The number of rotatable bonds is 3. The molecule has 76 valence electrons. The van der Waals surface area contributed by atoms with Crippen molar-refractivity contribution in [2.75, 3.05) is 0 Å². The van der Waals surface area contributed by atoms with Crippen LogP contribution in [0.15, 0.2) is 12.1 Å². The number of hydrogen-bond donors (Lipinski definition) is 0. The fourth-order valence-corrected chi connectivity index (χ4v) is 1.34. The molecule has 0 unspecified atom stereocenters. The highest BCUT2D eigenvalue weighted by Gasteiger charge is 2.12. The van der Waals surface area contributed by atoms with Gasteiger partial charge in [0, 0.05) is 0 Å². The van der Waals surface area contributed by atoms with E-state index in [0.717, 1.165) is 0 Å². The number of aldehydes is 1. The minimum atomic E-state index is -2.97. The SMILES string of the molecule is Cc1cc(Cl)c(C=O)c(OC(F)F)c1. The van der Waals surface area contributed by atoms with Gasteiger partial charge in [-0.05, 0) is 24.6 Å². The Morgan fingerprint density at radius 1 is 1.50 bits per heavy atom. The number of halogens is 3. The average molecular weight is 221 g/mol. The van der Waals surface area contributed by atoms with E-state index in [0.29, 0.717) is 11.8 Å². The lowest BCUT2D eigenvalue weighted by Crippen LogP contribution is -2.04. The maximum atomic E-state index is 11.9. The molecule has 0 amide bonds. The second-order valence-electron chi connectivity index (χ2n) is 2.65. The maximum Gasteiger partial charge on any atom is 0.387 e. The first-order valence-corrected chi connectivity index (χ1v) is 4.12. The van der Waals surface area contributed by atoms with Crippen LogP contribution in [0.3, 0.4) is 0 Å². The number of carbonyl (C=O) groups is 1. The summed E-state index contributed by atoms with van der Waals surface area (Å²) in [7, 11) is 0. The van der Waals surface area contributed by atoms with Gasteiger partial charge in [0.1, 0.15) is 5.75 Å². The molecule has 1 aromatic carbocycles. The molecule has 0 N–H and O–H groups in total. The molecule has 0 atom stereocenters. The Morgan fingerprint density at radius 3 is 2.64 bits per heavy atom. The number of aryl methyl sites for hydroxylation is 1. The Morgan fingerprint density at radius 2 is 2.14 bits per heavy atom. The van der Waals surface area contributed by atoms with Crippen LogP contribution in [0.4, 0.5) is 8.78 Å². The molecule has 0 fully saturated rings. The van der Waals surface area contributed by atoms with Crippen molar-refractivity contribution in [3.05, 3.63) is 28.3 Å². The van der Waals surface area contributed by atoms with Gasteiger partial charge in [0.05, 0.1) is 10.6 Å². The van der Waals surface area contributed by atoms with Gasteiger partial charge in [-0.1, -0.05) is 11.6 Å². The summed E-state index contributed by atoms with van der Waals surface area (Å²) < 4.78 is 28.0. The number of carbonyl (C=O) groups excluding carboxylic acids is 1. The number of alkyl halides is 2. The van der Waals surface area contributed by atoms with Gasteiger partial charge in [0.25, 0.3) is 0 Å². The van der Waals surface area contributed by atoms with Crippen molar-refractivity contribution in [2.45, 2.75) is 13.5 Å². The highest BCUT2D eigenvalue weighted by Crippen LogP contribution is 2.27. The predicted octanol–water partition coefficient (Wildman–Crippen LogP) is 3.06. The first-order valence-electron chi connectivity index (χ1n) is 3.74. The Balaban J connectivity index is 3.17. The van der Waals surface area contributed by atoms with E-state index in [1.165, 1.54) is 12.1 Å². The van der Waals surface area contributed by atoms with Crippen LogP contribution in [-0.2, 0) is 0 Å². The largest absolute Gasteiger partial charge is 0.434 e. The van der Waals surface area contributed by atoms with Crippen LogP contribution in [0.5, 0.6) is 5.75 Å². The summed E-state index contributed by atoms with van der Waals surface area (Å²) in [6.45, 7) is -1.30. The van der Waals surface area contributed by atoms with E-state index < -0.39 is 6.61 Å². The molecule has 0 aromatic heterocycles. The normalized spacial score (nSPS) is 10.4. The maximum absolute atomic E-state index is 11.9. The van der Waals surface area contributed by atoms with E-state index in [9.17, 15) is 13.6 Å². The van der Waals surface area contributed by atoms with E-state index in [1.54, 1.807) is 6.92 Å². The van der Waals surface area contributed by atoms with Crippen molar-refractivity contribution in [1.29, 1.82) is 0 Å². The second kappa shape index (κ2) is 4.37. The zero-order chi connectivity index (χ0) is 10.7. The third kappa shape index (κ3) is 2.42. The molecule has 2 nitrogen and oxygen atoms in total. The second-order valence-corrected chi connectivity index (χ2v) is 3.06. The molecule has 0 saturated heterocycles. The molecule has 1 rings (SSSR count). The molecule has 0 aliphatic heterocycles. The summed E-state index contributed by atoms with van der Waals surface area (Å²) in [6.07, 6.45) is 0.388. The fraction of sp³-hybridized carbons (Fsp3) is 0.222. The minimum Gasteiger partial charge on any atom is -0.434 e. The predicted molar refractivity (Wildman–Crippen MR) is 48.2 cm³/mol. The summed E-state index contributed by atoms with van der Waals surface area (Å²) in [5.41, 5.74) is 0.591. The number of benzene rings is 1. The van der Waals surface area contributed by atoms with Gasteiger partial charge in [-0.25, -0.2) is 0 Å². The monoisotopic (exact) mass is 220 g/mol. The van der Waals surface area contributed by atoms with Crippen LogP contribution >= 0.6 is 11.6 Å². The molecule has 0 aliphatic rings. The highest BCUT2D eigenvalue weighted by atomic mass is 35.5. The molecule has 1 aromatic rings. The molecule has 0 spiro atoms. The van der Waals surface area contributed by atoms with Crippen LogP contribution in [0.2, 0.25) is 5.02 Å². The molecular formula is C9H7ClF2O2. The summed E-state index contributed by atoms with van der Waals surface area (Å²) in [6, 6.07) is 2.84. The third-order valence-corrected chi connectivity index (χ3v) is 1.88. The molecule has 0 saturated carbocycles. The number of hydrogen-bond acceptors (Lipinski definition) is 2. The van der Waals surface area contributed by atoms with E-state index in [2.05, 4.69) is 4.74 Å². The molecule has 0 heterocycles. The van der Waals surface area contributed by atoms with E-state index >= 15 is 0 Å². The first kappa shape index (κ1) is 10.9. The lowest BCUT2D eigenvalue weighted by atomic mass is 10.1. The van der Waals surface area contributed by atoms with Crippen molar-refractivity contribution in [1.82, 2.24) is 0 Å². The van der Waals surface area contributed by atoms with Crippen molar-refractivity contribution in [2.24, 2.45) is 0 Å². The third-order valence-electron chi connectivity index (χ3n) is 1.57. The summed E-state index contributed by atoms with van der Waals surface area (Å²) in [5.74, 6) is -0.194. The van der Waals surface area contributed by atoms with Crippen LogP contribution < -0.4 is 4.74 Å². The van der Waals surface area contributed by atoms with Gasteiger partial charge >= 0.3 is 6.61 Å². The molecular weight excluding hydrogens is 214 g/mol.